The lowest BCUT2D eigenvalue weighted by molar-refractivity contribution is -0.114. The van der Waals surface area contributed by atoms with Gasteiger partial charge in [-0.2, -0.15) is 0 Å². The largest absolute Gasteiger partial charge is 0.326 e. The molecule has 13 heavy (non-hydrogen) atoms. The Bertz CT molecular complexity index is 281. The SMILES string of the molecule is NCC(=O)Nc1ccc(CN)cc1. The number of benzene rings is 1. The molecule has 70 valence electrons. The molecule has 0 aromatic heterocycles. The first-order valence-electron chi connectivity index (χ1n) is 4.05. The first kappa shape index (κ1) is 9.70. The third-order valence-electron chi connectivity index (χ3n) is 1.66. The second kappa shape index (κ2) is 4.59. The molecule has 1 aromatic rings. The minimum atomic E-state index is -0.194. The second-order valence-electron chi connectivity index (χ2n) is 2.65. The molecule has 0 atom stereocenters. The predicted octanol–water partition coefficient (Wildman–Crippen LogP) is 0.0425. The molecule has 0 spiro atoms. The Morgan fingerprint density at radius 3 is 2.31 bits per heavy atom. The number of carbonyl (C=O) groups excluding carboxylic acids is 1. The van der Waals surface area contributed by atoms with E-state index in [0.29, 0.717) is 6.54 Å². The van der Waals surface area contributed by atoms with E-state index < -0.39 is 0 Å². The fourth-order valence-corrected chi connectivity index (χ4v) is 0.936. The maximum Gasteiger partial charge on any atom is 0.238 e. The Morgan fingerprint density at radius 1 is 1.23 bits per heavy atom. The van der Waals surface area contributed by atoms with Crippen LogP contribution < -0.4 is 16.8 Å². The van der Waals surface area contributed by atoms with Crippen LogP contribution in [0.5, 0.6) is 0 Å². The van der Waals surface area contributed by atoms with Crippen molar-refractivity contribution in [3.8, 4) is 0 Å². The van der Waals surface area contributed by atoms with Crippen LogP contribution in [0.2, 0.25) is 0 Å². The zero-order valence-electron chi connectivity index (χ0n) is 7.29. The average molecular weight is 179 g/mol. The number of nitrogens with one attached hydrogen (secondary N) is 1. The van der Waals surface area contributed by atoms with Gasteiger partial charge in [0.25, 0.3) is 0 Å². The molecule has 1 amide bonds. The Labute approximate surface area is 76.9 Å². The van der Waals surface area contributed by atoms with E-state index >= 15 is 0 Å². The van der Waals surface area contributed by atoms with Gasteiger partial charge in [-0.15, -0.1) is 0 Å². The summed E-state index contributed by atoms with van der Waals surface area (Å²) >= 11 is 0. The fourth-order valence-electron chi connectivity index (χ4n) is 0.936. The van der Waals surface area contributed by atoms with Gasteiger partial charge in [-0.1, -0.05) is 12.1 Å². The van der Waals surface area contributed by atoms with E-state index in [1.54, 1.807) is 12.1 Å². The number of carbonyl (C=O) groups is 1. The molecule has 0 radical (unpaired) electrons. The summed E-state index contributed by atoms with van der Waals surface area (Å²) in [6.45, 7) is 0.504. The van der Waals surface area contributed by atoms with Crippen molar-refractivity contribution >= 4 is 11.6 Å². The third kappa shape index (κ3) is 2.85. The van der Waals surface area contributed by atoms with Crippen molar-refractivity contribution in [1.29, 1.82) is 0 Å². The van der Waals surface area contributed by atoms with Crippen LogP contribution in [0.1, 0.15) is 5.56 Å². The van der Waals surface area contributed by atoms with Crippen LogP contribution in [0, 0.1) is 0 Å². The molecule has 5 N–H and O–H groups in total. The summed E-state index contributed by atoms with van der Waals surface area (Å²) in [4.78, 5) is 10.9. The molecule has 4 heteroatoms. The average Bonchev–Trinajstić information content (AvgIpc) is 2.19. The van der Waals surface area contributed by atoms with Crippen LogP contribution in [0.4, 0.5) is 5.69 Å². The molecule has 0 fully saturated rings. The van der Waals surface area contributed by atoms with E-state index in [9.17, 15) is 4.79 Å². The molecule has 0 aliphatic heterocycles. The Hall–Kier alpha value is -1.39. The number of nitrogens with two attached hydrogens (primary N) is 2. The van der Waals surface area contributed by atoms with Crippen molar-refractivity contribution in [2.45, 2.75) is 6.54 Å². The van der Waals surface area contributed by atoms with E-state index in [2.05, 4.69) is 5.32 Å². The highest BCUT2D eigenvalue weighted by atomic mass is 16.1. The van der Waals surface area contributed by atoms with Gasteiger partial charge in [0.05, 0.1) is 6.54 Å². The summed E-state index contributed by atoms with van der Waals surface area (Å²) < 4.78 is 0. The fraction of sp³-hybridized carbons (Fsp3) is 0.222. The Morgan fingerprint density at radius 2 is 1.85 bits per heavy atom. The smallest absolute Gasteiger partial charge is 0.238 e. The second-order valence-corrected chi connectivity index (χ2v) is 2.65. The molecular weight excluding hydrogens is 166 g/mol. The molecule has 0 aliphatic rings. The van der Waals surface area contributed by atoms with Crippen LogP contribution in [-0.4, -0.2) is 12.5 Å². The first-order valence-corrected chi connectivity index (χ1v) is 4.05. The molecular formula is C9H13N3O. The van der Waals surface area contributed by atoms with Crippen LogP contribution in [-0.2, 0) is 11.3 Å². The molecule has 0 saturated carbocycles. The van der Waals surface area contributed by atoms with Gasteiger partial charge in [0.1, 0.15) is 0 Å². The summed E-state index contributed by atoms with van der Waals surface area (Å²) in [5.74, 6) is -0.194. The van der Waals surface area contributed by atoms with E-state index in [-0.39, 0.29) is 12.5 Å². The van der Waals surface area contributed by atoms with Crippen molar-refractivity contribution in [2.24, 2.45) is 11.5 Å². The molecule has 0 bridgehead atoms. The van der Waals surface area contributed by atoms with Crippen molar-refractivity contribution in [2.75, 3.05) is 11.9 Å². The van der Waals surface area contributed by atoms with Crippen molar-refractivity contribution in [3.05, 3.63) is 29.8 Å². The quantitative estimate of drug-likeness (QED) is 0.613. The minimum Gasteiger partial charge on any atom is -0.326 e. The minimum absolute atomic E-state index is 0.00135. The van der Waals surface area contributed by atoms with Crippen molar-refractivity contribution < 1.29 is 4.79 Å². The van der Waals surface area contributed by atoms with Crippen LogP contribution in [0.15, 0.2) is 24.3 Å². The monoisotopic (exact) mass is 179 g/mol. The zero-order valence-corrected chi connectivity index (χ0v) is 7.29. The van der Waals surface area contributed by atoms with Crippen LogP contribution in [0.25, 0.3) is 0 Å². The summed E-state index contributed by atoms with van der Waals surface area (Å²) in [5, 5.41) is 2.64. The Kier molecular flexibility index (Phi) is 3.42. The van der Waals surface area contributed by atoms with E-state index in [0.717, 1.165) is 11.3 Å². The van der Waals surface area contributed by atoms with Crippen molar-refractivity contribution in [3.63, 3.8) is 0 Å². The number of hydrogen-bond donors (Lipinski definition) is 3. The zero-order chi connectivity index (χ0) is 9.68. The van der Waals surface area contributed by atoms with E-state index in [1.807, 2.05) is 12.1 Å². The van der Waals surface area contributed by atoms with Crippen LogP contribution in [0.3, 0.4) is 0 Å². The van der Waals surface area contributed by atoms with Gasteiger partial charge in [-0.25, -0.2) is 0 Å². The summed E-state index contributed by atoms with van der Waals surface area (Å²) in [6, 6.07) is 7.34. The normalized spacial score (nSPS) is 9.69. The number of amides is 1. The van der Waals surface area contributed by atoms with Crippen molar-refractivity contribution in [1.82, 2.24) is 0 Å². The van der Waals surface area contributed by atoms with Gasteiger partial charge in [-0.3, -0.25) is 4.79 Å². The standard InChI is InChI=1S/C9H13N3O/c10-5-7-1-3-8(4-2-7)12-9(13)6-11/h1-4H,5-6,10-11H2,(H,12,13). The molecule has 1 aromatic carbocycles. The molecule has 0 aliphatic carbocycles. The highest BCUT2D eigenvalue weighted by Crippen LogP contribution is 2.08. The highest BCUT2D eigenvalue weighted by Gasteiger charge is 1.97. The first-order chi connectivity index (χ1) is 6.26. The Balaban J connectivity index is 2.64. The summed E-state index contributed by atoms with van der Waals surface area (Å²) in [5.41, 5.74) is 12.3. The maximum atomic E-state index is 10.9. The number of rotatable bonds is 3. The van der Waals surface area contributed by atoms with Gasteiger partial charge < -0.3 is 16.8 Å². The van der Waals surface area contributed by atoms with Gasteiger partial charge >= 0.3 is 0 Å². The summed E-state index contributed by atoms with van der Waals surface area (Å²) in [7, 11) is 0. The lowest BCUT2D eigenvalue weighted by Crippen LogP contribution is -2.21. The highest BCUT2D eigenvalue weighted by molar-refractivity contribution is 5.92. The molecule has 0 heterocycles. The van der Waals surface area contributed by atoms with E-state index in [4.69, 9.17) is 11.5 Å². The van der Waals surface area contributed by atoms with Crippen LogP contribution >= 0.6 is 0 Å². The van der Waals surface area contributed by atoms with Gasteiger partial charge in [0.15, 0.2) is 0 Å². The number of hydrogen-bond acceptors (Lipinski definition) is 3. The van der Waals surface area contributed by atoms with Gasteiger partial charge in [0, 0.05) is 12.2 Å². The predicted molar refractivity (Wildman–Crippen MR) is 52.0 cm³/mol. The van der Waals surface area contributed by atoms with E-state index in [1.165, 1.54) is 0 Å². The maximum absolute atomic E-state index is 10.9. The lowest BCUT2D eigenvalue weighted by Gasteiger charge is -2.03. The molecule has 0 saturated heterocycles. The van der Waals surface area contributed by atoms with Gasteiger partial charge in [-0.05, 0) is 17.7 Å². The molecule has 0 unspecified atom stereocenters. The summed E-state index contributed by atoms with van der Waals surface area (Å²) in [6.07, 6.45) is 0. The number of anilines is 1. The molecule has 4 nitrogen and oxygen atoms in total. The van der Waals surface area contributed by atoms with Gasteiger partial charge in [0.2, 0.25) is 5.91 Å². The topological polar surface area (TPSA) is 81.1 Å². The lowest BCUT2D eigenvalue weighted by atomic mass is 10.2. The molecule has 1 rings (SSSR count). The third-order valence-corrected chi connectivity index (χ3v) is 1.66.